The van der Waals surface area contributed by atoms with Crippen molar-refractivity contribution in [3.05, 3.63) is 30.0 Å². The van der Waals surface area contributed by atoms with Crippen LogP contribution in [0, 0.1) is 5.92 Å². The van der Waals surface area contributed by atoms with E-state index in [-0.39, 0.29) is 11.9 Å². The Bertz CT molecular complexity index is 646. The van der Waals surface area contributed by atoms with Gasteiger partial charge in [0.05, 0.1) is 5.92 Å². The van der Waals surface area contributed by atoms with Crippen molar-refractivity contribution in [3.8, 4) is 5.75 Å². The van der Waals surface area contributed by atoms with Crippen LogP contribution in [-0.2, 0) is 11.2 Å². The number of likely N-dealkylation sites (N-methyl/N-ethyl adjacent to an activating group) is 1. The van der Waals surface area contributed by atoms with Gasteiger partial charge in [0.2, 0.25) is 0 Å². The van der Waals surface area contributed by atoms with E-state index in [0.29, 0.717) is 5.75 Å². The van der Waals surface area contributed by atoms with Crippen molar-refractivity contribution in [2.75, 3.05) is 19.6 Å². The lowest BCUT2D eigenvalue weighted by Gasteiger charge is -2.19. The van der Waals surface area contributed by atoms with Crippen molar-refractivity contribution < 1.29 is 9.53 Å². The van der Waals surface area contributed by atoms with Gasteiger partial charge in [0.1, 0.15) is 5.75 Å². The second-order valence-corrected chi connectivity index (χ2v) is 6.28. The summed E-state index contributed by atoms with van der Waals surface area (Å²) in [5, 5.41) is 1.21. The van der Waals surface area contributed by atoms with E-state index >= 15 is 0 Å². The number of rotatable bonds is 8. The number of nitrogens with one attached hydrogen (secondary N) is 1. The van der Waals surface area contributed by atoms with Crippen LogP contribution < -0.4 is 4.74 Å². The molecule has 0 aliphatic heterocycles. The van der Waals surface area contributed by atoms with E-state index in [1.807, 2.05) is 32.0 Å². The van der Waals surface area contributed by atoms with E-state index in [0.717, 1.165) is 31.6 Å². The van der Waals surface area contributed by atoms with Gasteiger partial charge in [-0.05, 0) is 43.6 Å². The van der Waals surface area contributed by atoms with Gasteiger partial charge in [0.15, 0.2) is 0 Å². The monoisotopic (exact) mass is 316 g/mol. The van der Waals surface area contributed by atoms with E-state index in [4.69, 9.17) is 4.74 Å². The highest BCUT2D eigenvalue weighted by atomic mass is 16.5. The zero-order valence-corrected chi connectivity index (χ0v) is 14.7. The first-order valence-corrected chi connectivity index (χ1v) is 8.59. The predicted octanol–water partition coefficient (Wildman–Crippen LogP) is 4.00. The van der Waals surface area contributed by atoms with Crippen LogP contribution >= 0.6 is 0 Å². The molecule has 2 aromatic rings. The number of esters is 1. The molecule has 4 nitrogen and oxygen atoms in total. The van der Waals surface area contributed by atoms with Crippen LogP contribution in [-0.4, -0.2) is 35.5 Å². The molecule has 1 aromatic carbocycles. The number of benzene rings is 1. The lowest BCUT2D eigenvalue weighted by Crippen LogP contribution is -2.26. The van der Waals surface area contributed by atoms with E-state index in [9.17, 15) is 4.79 Å². The molecule has 0 atom stereocenters. The summed E-state index contributed by atoms with van der Waals surface area (Å²) >= 11 is 0. The Labute approximate surface area is 138 Å². The minimum absolute atomic E-state index is 0.122. The number of aromatic nitrogens is 1. The summed E-state index contributed by atoms with van der Waals surface area (Å²) in [6.07, 6.45) is 4.28. The number of H-pyrrole nitrogens is 1. The molecule has 23 heavy (non-hydrogen) atoms. The van der Waals surface area contributed by atoms with E-state index in [1.165, 1.54) is 17.4 Å². The fourth-order valence-electron chi connectivity index (χ4n) is 2.69. The number of carbonyl (C=O) groups excluding carboxylic acids is 1. The van der Waals surface area contributed by atoms with Crippen molar-refractivity contribution >= 4 is 16.9 Å². The van der Waals surface area contributed by atoms with Gasteiger partial charge in [-0.25, -0.2) is 0 Å². The molecule has 1 heterocycles. The molecule has 0 saturated heterocycles. The molecule has 4 heteroatoms. The average molecular weight is 316 g/mol. The molecule has 126 valence electrons. The van der Waals surface area contributed by atoms with Crippen molar-refractivity contribution in [3.63, 3.8) is 0 Å². The topological polar surface area (TPSA) is 45.3 Å². The second-order valence-electron chi connectivity index (χ2n) is 6.28. The molecule has 0 aliphatic rings. The molecular formula is C19H28N2O2. The summed E-state index contributed by atoms with van der Waals surface area (Å²) < 4.78 is 5.37. The first kappa shape index (κ1) is 17.5. The quantitative estimate of drug-likeness (QED) is 0.591. The molecule has 0 saturated carbocycles. The maximum Gasteiger partial charge on any atom is 0.313 e. The van der Waals surface area contributed by atoms with Crippen LogP contribution in [0.15, 0.2) is 24.4 Å². The zero-order valence-electron chi connectivity index (χ0n) is 14.7. The molecule has 0 radical (unpaired) electrons. The molecule has 0 amide bonds. The first-order valence-electron chi connectivity index (χ1n) is 8.59. The normalized spacial score (nSPS) is 11.6. The molecule has 2 rings (SSSR count). The number of hydrogen-bond donors (Lipinski definition) is 1. The Morgan fingerprint density at radius 2 is 2.04 bits per heavy atom. The first-order chi connectivity index (χ1) is 11.0. The van der Waals surface area contributed by atoms with Crippen LogP contribution in [0.25, 0.3) is 10.9 Å². The van der Waals surface area contributed by atoms with Gasteiger partial charge in [-0.2, -0.15) is 0 Å². The van der Waals surface area contributed by atoms with Crippen molar-refractivity contribution in [1.82, 2.24) is 9.88 Å². The average Bonchev–Trinajstić information content (AvgIpc) is 2.93. The van der Waals surface area contributed by atoms with Crippen LogP contribution in [0.4, 0.5) is 0 Å². The summed E-state index contributed by atoms with van der Waals surface area (Å²) in [6.45, 7) is 11.4. The highest BCUT2D eigenvalue weighted by Crippen LogP contribution is 2.24. The third-order valence-corrected chi connectivity index (χ3v) is 4.11. The smallest absolute Gasteiger partial charge is 0.313 e. The van der Waals surface area contributed by atoms with Gasteiger partial charge in [-0.1, -0.05) is 27.7 Å². The van der Waals surface area contributed by atoms with Gasteiger partial charge < -0.3 is 14.6 Å². The van der Waals surface area contributed by atoms with Crippen LogP contribution in [0.3, 0.4) is 0 Å². The van der Waals surface area contributed by atoms with Crippen LogP contribution in [0.2, 0.25) is 0 Å². The fourth-order valence-corrected chi connectivity index (χ4v) is 2.69. The highest BCUT2D eigenvalue weighted by Gasteiger charge is 2.11. The highest BCUT2D eigenvalue weighted by molar-refractivity contribution is 5.85. The third kappa shape index (κ3) is 4.58. The summed E-state index contributed by atoms with van der Waals surface area (Å²) in [7, 11) is 0. The van der Waals surface area contributed by atoms with Gasteiger partial charge in [-0.3, -0.25) is 4.79 Å². The van der Waals surface area contributed by atoms with Crippen molar-refractivity contribution in [2.45, 2.75) is 40.5 Å². The maximum atomic E-state index is 11.7. The van der Waals surface area contributed by atoms with E-state index in [2.05, 4.69) is 29.9 Å². The summed E-state index contributed by atoms with van der Waals surface area (Å²) in [6, 6.07) is 5.83. The van der Waals surface area contributed by atoms with Gasteiger partial charge in [0.25, 0.3) is 0 Å². The standard InChI is InChI=1S/C19H28N2O2/c1-5-10-21(6-2)11-9-15-13-20-18-12-16(7-8-17(15)18)23-19(22)14(3)4/h7-8,12-14,20H,5-6,9-11H2,1-4H3. The molecule has 0 aliphatic carbocycles. The Hall–Kier alpha value is -1.81. The molecule has 1 N–H and O–H groups in total. The molecule has 1 aromatic heterocycles. The number of aromatic amines is 1. The van der Waals surface area contributed by atoms with Gasteiger partial charge >= 0.3 is 5.97 Å². The zero-order chi connectivity index (χ0) is 16.8. The van der Waals surface area contributed by atoms with Crippen LogP contribution in [0.1, 0.15) is 39.7 Å². The molecule has 0 spiro atoms. The molecule has 0 fully saturated rings. The number of hydrogen-bond acceptors (Lipinski definition) is 3. The van der Waals surface area contributed by atoms with E-state index in [1.54, 1.807) is 0 Å². The number of nitrogens with zero attached hydrogens (tertiary/aromatic N) is 1. The van der Waals surface area contributed by atoms with Crippen molar-refractivity contribution in [2.24, 2.45) is 5.92 Å². The molecule has 0 bridgehead atoms. The fraction of sp³-hybridized carbons (Fsp3) is 0.526. The third-order valence-electron chi connectivity index (χ3n) is 4.11. The Morgan fingerprint density at radius 1 is 1.26 bits per heavy atom. The second kappa shape index (κ2) is 8.16. The van der Waals surface area contributed by atoms with Gasteiger partial charge in [-0.15, -0.1) is 0 Å². The Kier molecular flexibility index (Phi) is 6.22. The number of ether oxygens (including phenoxy) is 1. The van der Waals surface area contributed by atoms with E-state index < -0.39 is 0 Å². The summed E-state index contributed by atoms with van der Waals surface area (Å²) in [4.78, 5) is 17.5. The molecular weight excluding hydrogens is 288 g/mol. The lowest BCUT2D eigenvalue weighted by molar-refractivity contribution is -0.137. The minimum Gasteiger partial charge on any atom is -0.426 e. The largest absolute Gasteiger partial charge is 0.426 e. The Balaban J connectivity index is 2.08. The van der Waals surface area contributed by atoms with Crippen LogP contribution in [0.5, 0.6) is 5.75 Å². The number of carbonyl (C=O) groups is 1. The SMILES string of the molecule is CCCN(CC)CCc1c[nH]c2cc(OC(=O)C(C)C)ccc12. The van der Waals surface area contributed by atoms with Crippen molar-refractivity contribution in [1.29, 1.82) is 0 Å². The number of fused-ring (bicyclic) bond motifs is 1. The lowest BCUT2D eigenvalue weighted by atomic mass is 10.1. The minimum atomic E-state index is -0.200. The maximum absolute atomic E-state index is 11.7. The summed E-state index contributed by atoms with van der Waals surface area (Å²) in [5.41, 5.74) is 2.34. The predicted molar refractivity (Wildman–Crippen MR) is 94.9 cm³/mol. The van der Waals surface area contributed by atoms with Gasteiger partial charge in [0, 0.05) is 29.7 Å². The molecule has 0 unspecified atom stereocenters. The summed E-state index contributed by atoms with van der Waals surface area (Å²) in [5.74, 6) is 0.281. The Morgan fingerprint density at radius 3 is 2.70 bits per heavy atom.